The largest absolute Gasteiger partial charge is 0.394 e. The first-order valence-electron chi connectivity index (χ1n) is 16.8. The fraction of sp³-hybridized carbons (Fsp3) is 0.938. The normalized spacial score (nSPS) is 24.6. The average molecular weight is 616 g/mol. The lowest BCUT2D eigenvalue weighted by molar-refractivity contribution is -0.303. The lowest BCUT2D eigenvalue weighted by Crippen LogP contribution is -2.59. The van der Waals surface area contributed by atoms with Gasteiger partial charge in [-0.05, 0) is 37.6 Å². The van der Waals surface area contributed by atoms with Crippen LogP contribution in [0.5, 0.6) is 0 Å². The van der Waals surface area contributed by atoms with Crippen molar-refractivity contribution in [1.29, 1.82) is 0 Å². The quantitative estimate of drug-likeness (QED) is 0.0299. The van der Waals surface area contributed by atoms with Crippen LogP contribution in [0.4, 0.5) is 0 Å². The van der Waals surface area contributed by atoms with Crippen LogP contribution in [0.2, 0.25) is 0 Å². The number of rotatable bonds is 27. The van der Waals surface area contributed by atoms with Crippen LogP contribution in [-0.2, 0) is 18.9 Å². The van der Waals surface area contributed by atoms with E-state index in [4.69, 9.17) is 18.9 Å². The number of hydrogen-bond donors (Lipinski definition) is 4. The van der Waals surface area contributed by atoms with Gasteiger partial charge in [0.2, 0.25) is 0 Å². The lowest BCUT2D eigenvalue weighted by Gasteiger charge is -2.40. The molecule has 11 heteroatoms. The van der Waals surface area contributed by atoms with Crippen molar-refractivity contribution in [3.63, 3.8) is 0 Å². The summed E-state index contributed by atoms with van der Waals surface area (Å²) in [6, 6.07) is -0.813. The van der Waals surface area contributed by atoms with E-state index in [0.717, 1.165) is 38.5 Å². The van der Waals surface area contributed by atoms with Crippen LogP contribution in [0.25, 0.3) is 10.4 Å². The van der Waals surface area contributed by atoms with Gasteiger partial charge in [0, 0.05) is 18.1 Å². The topological polar surface area (TPSA) is 167 Å². The zero-order chi connectivity index (χ0) is 31.7. The molecule has 0 saturated carbocycles. The molecule has 0 radical (unpaired) electrons. The average Bonchev–Trinajstić information content (AvgIpc) is 3.01. The van der Waals surface area contributed by atoms with E-state index in [-0.39, 0.29) is 6.61 Å². The summed E-state index contributed by atoms with van der Waals surface area (Å²) in [4.78, 5) is 3.03. The Bertz CT molecular complexity index is 737. The number of aliphatic hydroxyl groups is 4. The third kappa shape index (κ3) is 16.6. The van der Waals surface area contributed by atoms with Crippen molar-refractivity contribution in [2.24, 2.45) is 5.11 Å². The minimum atomic E-state index is -1.56. The summed E-state index contributed by atoms with van der Waals surface area (Å²) in [5.41, 5.74) is 9.39. The van der Waals surface area contributed by atoms with Crippen molar-refractivity contribution in [2.45, 2.75) is 166 Å². The Morgan fingerprint density at radius 3 is 2.00 bits per heavy atom. The van der Waals surface area contributed by atoms with Crippen LogP contribution in [0, 0.1) is 0 Å². The van der Waals surface area contributed by atoms with Gasteiger partial charge in [0.05, 0.1) is 31.5 Å². The van der Waals surface area contributed by atoms with Crippen molar-refractivity contribution < 1.29 is 39.4 Å². The summed E-state index contributed by atoms with van der Waals surface area (Å²) in [5.74, 6) is 0. The van der Waals surface area contributed by atoms with E-state index in [2.05, 4.69) is 42.9 Å². The van der Waals surface area contributed by atoms with E-state index < -0.39 is 55.6 Å². The van der Waals surface area contributed by atoms with E-state index in [1.165, 1.54) is 51.4 Å². The highest BCUT2D eigenvalue weighted by Gasteiger charge is 2.44. The monoisotopic (exact) mass is 615 g/mol. The highest BCUT2D eigenvalue weighted by Crippen LogP contribution is 2.24. The van der Waals surface area contributed by atoms with Gasteiger partial charge in [-0.2, -0.15) is 0 Å². The number of ether oxygens (including phenoxy) is 4. The van der Waals surface area contributed by atoms with Gasteiger partial charge >= 0.3 is 0 Å². The second kappa shape index (κ2) is 26.0. The maximum Gasteiger partial charge on any atom is 0.186 e. The molecule has 0 aromatic heterocycles. The van der Waals surface area contributed by atoms with E-state index in [0.29, 0.717) is 19.6 Å². The number of hydrogen-bond acceptors (Lipinski definition) is 9. The first-order valence-corrected chi connectivity index (χ1v) is 16.8. The summed E-state index contributed by atoms with van der Waals surface area (Å²) in [5, 5.41) is 44.1. The van der Waals surface area contributed by atoms with Gasteiger partial charge in [-0.15, -0.1) is 0 Å². The summed E-state index contributed by atoms with van der Waals surface area (Å²) < 4.78 is 23.8. The predicted molar refractivity (Wildman–Crippen MR) is 168 cm³/mol. The van der Waals surface area contributed by atoms with Crippen molar-refractivity contribution in [3.8, 4) is 0 Å². The molecule has 8 atom stereocenters. The minimum absolute atomic E-state index is 0.181. The van der Waals surface area contributed by atoms with E-state index in [9.17, 15) is 26.0 Å². The smallest absolute Gasteiger partial charge is 0.186 e. The Labute approximate surface area is 259 Å². The molecule has 2 unspecified atom stereocenters. The number of unbranched alkanes of at least 4 members (excludes halogenated alkanes) is 11. The number of nitrogens with zero attached hydrogens (tertiary/aromatic N) is 3. The molecule has 4 N–H and O–H groups in total. The van der Waals surface area contributed by atoms with Gasteiger partial charge in [0.25, 0.3) is 0 Å². The van der Waals surface area contributed by atoms with Gasteiger partial charge in [-0.3, -0.25) is 0 Å². The molecule has 1 rings (SSSR count). The fourth-order valence-electron chi connectivity index (χ4n) is 5.09. The van der Waals surface area contributed by atoms with Gasteiger partial charge < -0.3 is 39.4 Å². The van der Waals surface area contributed by atoms with Crippen LogP contribution < -0.4 is 0 Å². The lowest BCUT2D eigenvalue weighted by atomic mass is 9.99. The van der Waals surface area contributed by atoms with Gasteiger partial charge in [0.1, 0.15) is 24.4 Å². The van der Waals surface area contributed by atoms with Crippen LogP contribution >= 0.6 is 0 Å². The molecule has 11 nitrogen and oxygen atoms in total. The van der Waals surface area contributed by atoms with Crippen molar-refractivity contribution in [1.82, 2.24) is 0 Å². The SMILES string of the molecule is CCCCCCCCCCCC=CC[C@@H](OCCCC)[C@@H](OCCCC)[C@H](CO[C@H]1OC(CO)[C@H](O)[C@H](O)C1O)N=[N+]=[N-]. The second-order valence-electron chi connectivity index (χ2n) is 11.6. The van der Waals surface area contributed by atoms with Crippen molar-refractivity contribution >= 4 is 0 Å². The van der Waals surface area contributed by atoms with Crippen LogP contribution in [0.15, 0.2) is 17.3 Å². The molecule has 1 aliphatic heterocycles. The van der Waals surface area contributed by atoms with Crippen LogP contribution in [0.1, 0.15) is 117 Å². The molecule has 1 heterocycles. The molecule has 0 bridgehead atoms. The van der Waals surface area contributed by atoms with E-state index in [1.54, 1.807) is 0 Å². The summed E-state index contributed by atoms with van der Waals surface area (Å²) in [6.07, 6.45) is 13.1. The number of aliphatic hydroxyl groups excluding tert-OH is 4. The molecule has 1 saturated heterocycles. The van der Waals surface area contributed by atoms with Crippen molar-refractivity contribution in [2.75, 3.05) is 26.4 Å². The maximum absolute atomic E-state index is 10.4. The Balaban J connectivity index is 2.84. The van der Waals surface area contributed by atoms with Gasteiger partial charge in [-0.1, -0.05) is 102 Å². The summed E-state index contributed by atoms with van der Waals surface area (Å²) in [7, 11) is 0. The predicted octanol–water partition coefficient (Wildman–Crippen LogP) is 5.72. The molecule has 0 aliphatic carbocycles. The fourth-order valence-corrected chi connectivity index (χ4v) is 5.09. The third-order valence-electron chi connectivity index (χ3n) is 7.87. The van der Waals surface area contributed by atoms with Crippen LogP contribution in [-0.4, -0.2) is 95.8 Å². The molecule has 0 aromatic rings. The summed E-state index contributed by atoms with van der Waals surface area (Å²) in [6.45, 7) is 6.65. The molecule has 252 valence electrons. The first kappa shape index (κ1) is 39.8. The molecular formula is C32H61N3O8. The molecule has 0 amide bonds. The molecule has 1 fully saturated rings. The third-order valence-corrected chi connectivity index (χ3v) is 7.87. The molecule has 1 aliphatic rings. The first-order chi connectivity index (χ1) is 20.9. The maximum atomic E-state index is 10.4. The second-order valence-corrected chi connectivity index (χ2v) is 11.6. The Morgan fingerprint density at radius 1 is 0.791 bits per heavy atom. The van der Waals surface area contributed by atoms with Crippen molar-refractivity contribution in [3.05, 3.63) is 22.6 Å². The molecule has 0 aromatic carbocycles. The zero-order valence-corrected chi connectivity index (χ0v) is 27.0. The standard InChI is InChI=1S/C32H61N3O8/c1-4-7-10-11-12-13-14-15-16-17-18-19-20-26(40-21-8-5-2)31(41-22-9-6-3)25(34-35-33)24-42-32-30(39)29(38)28(37)27(23-36)43-32/h18-19,25-32,36-39H,4-17,20-24H2,1-3H3/t25-,26+,27?,28-,29-,30?,31-,32-/m0/s1. The Kier molecular flexibility index (Phi) is 24.0. The highest BCUT2D eigenvalue weighted by atomic mass is 16.7. The number of allylic oxidation sites excluding steroid dienone is 1. The summed E-state index contributed by atoms with van der Waals surface area (Å²) >= 11 is 0. The highest BCUT2D eigenvalue weighted by molar-refractivity contribution is 4.93. The molecular weight excluding hydrogens is 554 g/mol. The Morgan fingerprint density at radius 2 is 1.40 bits per heavy atom. The van der Waals surface area contributed by atoms with Gasteiger partial charge in [-0.25, -0.2) is 0 Å². The molecule has 43 heavy (non-hydrogen) atoms. The van der Waals surface area contributed by atoms with E-state index in [1.807, 2.05) is 0 Å². The minimum Gasteiger partial charge on any atom is -0.394 e. The van der Waals surface area contributed by atoms with E-state index >= 15 is 0 Å². The Hall–Kier alpha value is -1.27. The van der Waals surface area contributed by atoms with Crippen LogP contribution in [0.3, 0.4) is 0 Å². The molecule has 0 spiro atoms. The van der Waals surface area contributed by atoms with Gasteiger partial charge in [0.15, 0.2) is 6.29 Å². The zero-order valence-electron chi connectivity index (χ0n) is 27.0. The number of azide groups is 1.